The highest BCUT2D eigenvalue weighted by Crippen LogP contribution is 2.18. The van der Waals surface area contributed by atoms with Gasteiger partial charge in [-0.3, -0.25) is 14.9 Å². The Morgan fingerprint density at radius 3 is 2.57 bits per heavy atom. The second-order valence-corrected chi connectivity index (χ2v) is 5.05. The van der Waals surface area contributed by atoms with Crippen molar-refractivity contribution in [2.75, 3.05) is 5.32 Å². The van der Waals surface area contributed by atoms with E-state index in [4.69, 9.17) is 4.74 Å². The summed E-state index contributed by atoms with van der Waals surface area (Å²) in [5, 5.41) is 9.34. The maximum Gasteiger partial charge on any atom is 0.273 e. The number of anilines is 1. The first-order valence-corrected chi connectivity index (χ1v) is 7.15. The molecule has 0 aliphatic heterocycles. The number of nitrogens with one attached hydrogen (secondary N) is 2. The minimum absolute atomic E-state index is 0.217. The first-order chi connectivity index (χ1) is 11.2. The minimum Gasteiger partial charge on any atom is -0.489 e. The molecule has 0 unspecified atom stereocenters. The largest absolute Gasteiger partial charge is 0.489 e. The van der Waals surface area contributed by atoms with E-state index in [1.807, 2.05) is 31.2 Å². The molecular weight excluding hydrogens is 292 g/mol. The van der Waals surface area contributed by atoms with Crippen molar-refractivity contribution < 1.29 is 9.53 Å². The summed E-state index contributed by atoms with van der Waals surface area (Å²) >= 11 is 0. The van der Waals surface area contributed by atoms with Crippen LogP contribution in [0.5, 0.6) is 5.75 Å². The average molecular weight is 308 g/mol. The van der Waals surface area contributed by atoms with Gasteiger partial charge >= 0.3 is 0 Å². The van der Waals surface area contributed by atoms with Crippen molar-refractivity contribution in [2.24, 2.45) is 0 Å². The van der Waals surface area contributed by atoms with Gasteiger partial charge in [-0.05, 0) is 54.4 Å². The predicted octanol–water partition coefficient (Wildman–Crippen LogP) is 2.94. The van der Waals surface area contributed by atoms with E-state index in [9.17, 15) is 4.79 Å². The van der Waals surface area contributed by atoms with Crippen molar-refractivity contribution in [3.05, 3.63) is 71.8 Å². The summed E-state index contributed by atoms with van der Waals surface area (Å²) in [5.74, 6) is 0.517. The average Bonchev–Trinajstić information content (AvgIpc) is 3.01. The topological polar surface area (TPSA) is 79.9 Å². The van der Waals surface area contributed by atoms with Gasteiger partial charge in [-0.25, -0.2) is 0 Å². The molecule has 6 nitrogen and oxygen atoms in total. The molecule has 0 saturated carbocycles. The number of aryl methyl sites for hydroxylation is 1. The highest BCUT2D eigenvalue weighted by atomic mass is 16.5. The lowest BCUT2D eigenvalue weighted by Crippen LogP contribution is -2.13. The third-order valence-electron chi connectivity index (χ3n) is 3.32. The van der Waals surface area contributed by atoms with Gasteiger partial charge in [-0.2, -0.15) is 5.10 Å². The summed E-state index contributed by atoms with van der Waals surface area (Å²) in [6.07, 6.45) is 5.08. The SMILES string of the molecule is Cc1cn[nH]c1C(=O)Nc1ccc(OCc2ccncc2)cc1. The number of carbonyl (C=O) groups is 1. The second-order valence-electron chi connectivity index (χ2n) is 5.05. The molecule has 0 spiro atoms. The van der Waals surface area contributed by atoms with E-state index >= 15 is 0 Å². The molecule has 2 N–H and O–H groups in total. The molecule has 116 valence electrons. The van der Waals surface area contributed by atoms with Crippen LogP contribution in [0.1, 0.15) is 21.6 Å². The van der Waals surface area contributed by atoms with E-state index in [-0.39, 0.29) is 5.91 Å². The molecule has 2 heterocycles. The zero-order chi connectivity index (χ0) is 16.1. The molecule has 23 heavy (non-hydrogen) atoms. The van der Waals surface area contributed by atoms with E-state index < -0.39 is 0 Å². The van der Waals surface area contributed by atoms with Gasteiger partial charge in [-0.1, -0.05) is 0 Å². The molecule has 3 aromatic rings. The van der Waals surface area contributed by atoms with Crippen LogP contribution in [0.25, 0.3) is 0 Å². The quantitative estimate of drug-likeness (QED) is 0.759. The molecule has 0 atom stereocenters. The van der Waals surface area contributed by atoms with E-state index in [0.29, 0.717) is 18.0 Å². The molecule has 0 aliphatic rings. The number of ether oxygens (including phenoxy) is 1. The molecule has 0 saturated heterocycles. The normalized spacial score (nSPS) is 10.3. The third-order valence-corrected chi connectivity index (χ3v) is 3.32. The van der Waals surface area contributed by atoms with Gasteiger partial charge in [-0.15, -0.1) is 0 Å². The van der Waals surface area contributed by atoms with Crippen molar-refractivity contribution in [1.29, 1.82) is 0 Å². The van der Waals surface area contributed by atoms with Crippen molar-refractivity contribution in [3.8, 4) is 5.75 Å². The first kappa shape index (κ1) is 14.8. The van der Waals surface area contributed by atoms with Gasteiger partial charge in [0, 0.05) is 18.1 Å². The summed E-state index contributed by atoms with van der Waals surface area (Å²) in [6.45, 7) is 2.30. The molecule has 2 aromatic heterocycles. The fraction of sp³-hybridized carbons (Fsp3) is 0.118. The highest BCUT2D eigenvalue weighted by Gasteiger charge is 2.10. The van der Waals surface area contributed by atoms with Crippen LogP contribution in [0.4, 0.5) is 5.69 Å². The van der Waals surface area contributed by atoms with Crippen LogP contribution in [0.3, 0.4) is 0 Å². The van der Waals surface area contributed by atoms with E-state index in [2.05, 4.69) is 20.5 Å². The van der Waals surface area contributed by atoms with Gasteiger partial charge in [0.15, 0.2) is 0 Å². The summed E-state index contributed by atoms with van der Waals surface area (Å²) in [7, 11) is 0. The highest BCUT2D eigenvalue weighted by molar-refractivity contribution is 6.03. The maximum atomic E-state index is 12.1. The zero-order valence-electron chi connectivity index (χ0n) is 12.6. The fourth-order valence-electron chi connectivity index (χ4n) is 2.05. The number of pyridine rings is 1. The van der Waals surface area contributed by atoms with Crippen LogP contribution in [0, 0.1) is 6.92 Å². The number of benzene rings is 1. The van der Waals surface area contributed by atoms with Crippen molar-refractivity contribution in [1.82, 2.24) is 15.2 Å². The van der Waals surface area contributed by atoms with Crippen LogP contribution in [-0.4, -0.2) is 21.1 Å². The lowest BCUT2D eigenvalue weighted by Gasteiger charge is -2.08. The van der Waals surface area contributed by atoms with Gasteiger partial charge in [0.1, 0.15) is 18.1 Å². The van der Waals surface area contributed by atoms with Gasteiger partial charge in [0.2, 0.25) is 0 Å². The number of carbonyl (C=O) groups excluding carboxylic acids is 1. The number of aromatic nitrogens is 3. The Morgan fingerprint density at radius 1 is 1.17 bits per heavy atom. The molecule has 0 fully saturated rings. The van der Waals surface area contributed by atoms with Crippen molar-refractivity contribution >= 4 is 11.6 Å². The van der Waals surface area contributed by atoms with Gasteiger partial charge in [0.05, 0.1) is 6.20 Å². The molecular formula is C17H16N4O2. The molecule has 0 aliphatic carbocycles. The number of nitrogens with zero attached hydrogens (tertiary/aromatic N) is 2. The Kier molecular flexibility index (Phi) is 4.33. The standard InChI is InChI=1S/C17H16N4O2/c1-12-10-19-21-16(12)17(22)20-14-2-4-15(5-3-14)23-11-13-6-8-18-9-7-13/h2-10H,11H2,1H3,(H,19,21)(H,20,22). The molecule has 1 amide bonds. The molecule has 1 aromatic carbocycles. The van der Waals surface area contributed by atoms with Crippen LogP contribution in [0.2, 0.25) is 0 Å². The number of rotatable bonds is 5. The second kappa shape index (κ2) is 6.74. The smallest absolute Gasteiger partial charge is 0.273 e. The van der Waals surface area contributed by atoms with Gasteiger partial charge in [0.25, 0.3) is 5.91 Å². The van der Waals surface area contributed by atoms with E-state index in [1.54, 1.807) is 30.7 Å². The Hall–Kier alpha value is -3.15. The lowest BCUT2D eigenvalue weighted by atomic mass is 10.2. The number of hydrogen-bond acceptors (Lipinski definition) is 4. The first-order valence-electron chi connectivity index (χ1n) is 7.15. The van der Waals surface area contributed by atoms with Crippen LogP contribution in [0.15, 0.2) is 55.0 Å². The summed E-state index contributed by atoms with van der Waals surface area (Å²) in [6, 6.07) is 11.0. The zero-order valence-corrected chi connectivity index (χ0v) is 12.6. The number of aromatic amines is 1. The Labute approximate surface area is 133 Å². The Bertz CT molecular complexity index is 782. The Balaban J connectivity index is 1.59. The third kappa shape index (κ3) is 3.74. The molecule has 0 radical (unpaired) electrons. The maximum absolute atomic E-state index is 12.1. The summed E-state index contributed by atoms with van der Waals surface area (Å²) in [5.41, 5.74) is 3.01. The predicted molar refractivity (Wildman–Crippen MR) is 86.3 cm³/mol. The van der Waals surface area contributed by atoms with Crippen molar-refractivity contribution in [3.63, 3.8) is 0 Å². The molecule has 6 heteroatoms. The lowest BCUT2D eigenvalue weighted by molar-refractivity contribution is 0.102. The van der Waals surface area contributed by atoms with E-state index in [1.165, 1.54) is 0 Å². The number of hydrogen-bond donors (Lipinski definition) is 2. The monoisotopic (exact) mass is 308 g/mol. The van der Waals surface area contributed by atoms with Gasteiger partial charge < -0.3 is 10.1 Å². The Morgan fingerprint density at radius 2 is 1.91 bits per heavy atom. The summed E-state index contributed by atoms with van der Waals surface area (Å²) < 4.78 is 5.69. The summed E-state index contributed by atoms with van der Waals surface area (Å²) in [4.78, 5) is 16.0. The van der Waals surface area contributed by atoms with Crippen molar-refractivity contribution in [2.45, 2.75) is 13.5 Å². The molecule has 3 rings (SSSR count). The van der Waals surface area contributed by atoms with E-state index in [0.717, 1.165) is 16.9 Å². The van der Waals surface area contributed by atoms with Crippen LogP contribution in [-0.2, 0) is 6.61 Å². The van der Waals surface area contributed by atoms with Crippen LogP contribution >= 0.6 is 0 Å². The number of amides is 1. The number of H-pyrrole nitrogens is 1. The minimum atomic E-state index is -0.217. The molecule has 0 bridgehead atoms. The van der Waals surface area contributed by atoms with Crippen LogP contribution < -0.4 is 10.1 Å². The fourth-order valence-corrected chi connectivity index (χ4v) is 2.05.